The summed E-state index contributed by atoms with van der Waals surface area (Å²) in [5, 5.41) is 10.2. The van der Waals surface area contributed by atoms with E-state index >= 15 is 14.4 Å². The third-order valence-electron chi connectivity index (χ3n) is 15.2. The van der Waals surface area contributed by atoms with Crippen molar-refractivity contribution in [1.29, 1.82) is 0 Å². The SMILES string of the molecule is COCCOC(=O)N1C(=O)[C@@]2(c3cc(C#CC4=CCCCC4)ccc31)[C@H](c1ccccc1OCCO)C1[C@@H](C(=O)O[C@@H](c3ccccc3)[C@H]1c1ccccc1)[C@@H]2C(=O)N1CCc2cc(OC)c(OC)cc2C1. The number of ether oxygens (including phenoxy) is 6. The Balaban J connectivity index is 1.28. The van der Waals surface area contributed by atoms with Gasteiger partial charge in [0.1, 0.15) is 25.1 Å². The number of amides is 3. The summed E-state index contributed by atoms with van der Waals surface area (Å²) in [6, 6.07) is 35.7. The largest absolute Gasteiger partial charge is 0.493 e. The number of nitrogens with zero attached hydrogens (tertiary/aromatic N) is 2. The minimum absolute atomic E-state index is 0.0676. The smallest absolute Gasteiger partial charge is 0.421 e. The van der Waals surface area contributed by atoms with E-state index in [1.54, 1.807) is 43.4 Å². The highest BCUT2D eigenvalue weighted by molar-refractivity contribution is 6.23. The molecule has 2 aliphatic carbocycles. The van der Waals surface area contributed by atoms with Crippen molar-refractivity contribution in [3.63, 3.8) is 0 Å². The number of cyclic esters (lactones) is 1. The van der Waals surface area contributed by atoms with Crippen molar-refractivity contribution in [1.82, 2.24) is 4.90 Å². The lowest BCUT2D eigenvalue weighted by atomic mass is 9.61. The second kappa shape index (κ2) is 20.7. The van der Waals surface area contributed by atoms with Crippen LogP contribution < -0.4 is 19.1 Å². The fraction of sp³-hybridized carbons (Fsp3) is 0.356. The molecular formula is C59H58N2O11. The van der Waals surface area contributed by atoms with Crippen molar-refractivity contribution < 1.29 is 52.7 Å². The highest BCUT2D eigenvalue weighted by Crippen LogP contribution is 2.71. The monoisotopic (exact) mass is 970 g/mol. The van der Waals surface area contributed by atoms with Crippen LogP contribution in [-0.4, -0.2) is 88.2 Å². The van der Waals surface area contributed by atoms with Gasteiger partial charge in [-0.3, -0.25) is 14.4 Å². The molecule has 5 aromatic rings. The Morgan fingerprint density at radius 1 is 0.764 bits per heavy atom. The molecule has 3 aliphatic heterocycles. The van der Waals surface area contributed by atoms with Gasteiger partial charge in [-0.25, -0.2) is 9.69 Å². The second-order valence-corrected chi connectivity index (χ2v) is 18.9. The van der Waals surface area contributed by atoms with Gasteiger partial charge < -0.3 is 38.4 Å². The summed E-state index contributed by atoms with van der Waals surface area (Å²) in [6.45, 7) is -0.0893. The van der Waals surface area contributed by atoms with Gasteiger partial charge in [-0.2, -0.15) is 0 Å². The van der Waals surface area contributed by atoms with Crippen LogP contribution in [0.5, 0.6) is 17.2 Å². The maximum absolute atomic E-state index is 16.8. The zero-order valence-corrected chi connectivity index (χ0v) is 40.7. The first-order chi connectivity index (χ1) is 35.2. The van der Waals surface area contributed by atoms with Gasteiger partial charge in [0.2, 0.25) is 11.8 Å². The van der Waals surface area contributed by atoms with Gasteiger partial charge in [0.05, 0.1) is 50.4 Å². The van der Waals surface area contributed by atoms with Crippen molar-refractivity contribution in [2.45, 2.75) is 62.0 Å². The fourth-order valence-corrected chi connectivity index (χ4v) is 12.2. The Labute approximate surface area is 419 Å². The molecule has 1 N–H and O–H groups in total. The summed E-state index contributed by atoms with van der Waals surface area (Å²) >= 11 is 0. The van der Waals surface area contributed by atoms with Crippen LogP contribution in [0.15, 0.2) is 127 Å². The van der Waals surface area contributed by atoms with Gasteiger partial charge in [0.25, 0.3) is 0 Å². The van der Waals surface area contributed by atoms with Gasteiger partial charge in [0.15, 0.2) is 11.5 Å². The lowest BCUT2D eigenvalue weighted by Crippen LogP contribution is -2.55. The first-order valence-corrected chi connectivity index (χ1v) is 24.7. The molecule has 7 atom stereocenters. The van der Waals surface area contributed by atoms with E-state index in [1.807, 2.05) is 91.0 Å². The number of rotatable bonds is 12. The fourth-order valence-electron chi connectivity index (χ4n) is 12.2. The number of allylic oxidation sites excluding steroid dienone is 2. The number of carbonyl (C=O) groups excluding carboxylic acids is 4. The molecule has 13 heteroatoms. The number of para-hydroxylation sites is 1. The summed E-state index contributed by atoms with van der Waals surface area (Å²) < 4.78 is 35.6. The molecule has 1 saturated carbocycles. The van der Waals surface area contributed by atoms with Crippen LogP contribution in [-0.2, 0) is 47.0 Å². The minimum Gasteiger partial charge on any atom is -0.493 e. The van der Waals surface area contributed by atoms with Crippen LogP contribution in [0.3, 0.4) is 0 Å². The predicted octanol–water partition coefficient (Wildman–Crippen LogP) is 8.61. The Bertz CT molecular complexity index is 2960. The first-order valence-electron chi connectivity index (χ1n) is 24.7. The third-order valence-corrected chi connectivity index (χ3v) is 15.2. The standard InChI is InChI=1S/C59H58N2O11/c1-67-31-32-71-58(66)61-45-26-25-38(24-23-37-15-7-4-8-16-37)33-44(45)59(57(61)65)52(43-21-13-14-22-46(43)70-30-29-62)50-49(39-17-9-5-10-18-39)54(40-19-11-6-12-20-40)72-56(64)51(50)53(59)55(63)60-28-27-41-34-47(68-2)48(69-3)35-42(41)36-60/h5-6,9-15,17-22,25-26,33-35,49-54,62H,4,7-8,16,27-32,36H2,1-3H3/t49-,50?,51+,52+,53+,54-,59-/m0/s1. The summed E-state index contributed by atoms with van der Waals surface area (Å²) in [4.78, 5) is 66.7. The average molecular weight is 971 g/mol. The zero-order valence-electron chi connectivity index (χ0n) is 40.7. The van der Waals surface area contributed by atoms with Gasteiger partial charge >= 0.3 is 12.1 Å². The number of carbonyl (C=O) groups is 4. The van der Waals surface area contributed by atoms with E-state index in [0.29, 0.717) is 40.4 Å². The Kier molecular flexibility index (Phi) is 13.9. The van der Waals surface area contributed by atoms with E-state index < -0.39 is 65.0 Å². The van der Waals surface area contributed by atoms with E-state index in [-0.39, 0.29) is 45.2 Å². The molecule has 5 aliphatic rings. The van der Waals surface area contributed by atoms with Gasteiger partial charge in [0, 0.05) is 37.6 Å². The Hall–Kier alpha value is -7.40. The topological polar surface area (TPSA) is 150 Å². The van der Waals surface area contributed by atoms with Crippen LogP contribution in [0.1, 0.15) is 82.6 Å². The molecule has 10 rings (SSSR count). The maximum atomic E-state index is 16.8. The van der Waals surface area contributed by atoms with Crippen molar-refractivity contribution in [3.8, 4) is 29.1 Å². The van der Waals surface area contributed by atoms with Crippen molar-refractivity contribution in [3.05, 3.63) is 166 Å². The third kappa shape index (κ3) is 8.46. The molecule has 370 valence electrons. The number of aliphatic hydroxyl groups is 1. The highest BCUT2D eigenvalue weighted by Gasteiger charge is 2.77. The van der Waals surface area contributed by atoms with Gasteiger partial charge in [-0.1, -0.05) is 96.8 Å². The molecule has 1 spiro atoms. The van der Waals surface area contributed by atoms with Crippen molar-refractivity contribution >= 4 is 29.6 Å². The van der Waals surface area contributed by atoms with E-state index in [9.17, 15) is 9.90 Å². The van der Waals surface area contributed by atoms with E-state index in [0.717, 1.165) is 58.4 Å². The quantitative estimate of drug-likeness (QED) is 0.0728. The molecule has 3 heterocycles. The molecule has 0 radical (unpaired) electrons. The summed E-state index contributed by atoms with van der Waals surface area (Å²) in [7, 11) is 4.62. The number of hydrogen-bond acceptors (Lipinski definition) is 11. The number of esters is 1. The molecule has 72 heavy (non-hydrogen) atoms. The molecule has 0 bridgehead atoms. The Morgan fingerprint density at radius 3 is 2.19 bits per heavy atom. The van der Waals surface area contributed by atoms with Crippen molar-refractivity contribution in [2.24, 2.45) is 17.8 Å². The number of anilines is 1. The number of fused-ring (bicyclic) bond motifs is 4. The molecule has 1 saturated heterocycles. The Morgan fingerprint density at radius 2 is 1.49 bits per heavy atom. The molecular weight excluding hydrogens is 913 g/mol. The molecule has 5 aromatic carbocycles. The number of aliphatic hydroxyl groups excluding tert-OH is 1. The van der Waals surface area contributed by atoms with Crippen molar-refractivity contribution in [2.75, 3.05) is 59.2 Å². The van der Waals surface area contributed by atoms with Crippen LogP contribution in [0, 0.1) is 29.6 Å². The molecule has 2 fully saturated rings. The number of methoxy groups -OCH3 is 3. The normalized spacial score (nSPS) is 24.0. The minimum atomic E-state index is -2.00. The lowest BCUT2D eigenvalue weighted by Gasteiger charge is -2.43. The van der Waals surface area contributed by atoms with Crippen LogP contribution in [0.2, 0.25) is 0 Å². The van der Waals surface area contributed by atoms with E-state index in [4.69, 9.17) is 28.4 Å². The summed E-state index contributed by atoms with van der Waals surface area (Å²) in [6.07, 6.45) is 4.68. The van der Waals surface area contributed by atoms with Crippen LogP contribution in [0.4, 0.5) is 10.5 Å². The average Bonchev–Trinajstić information content (AvgIpc) is 3.88. The molecule has 13 nitrogen and oxygen atoms in total. The lowest BCUT2D eigenvalue weighted by molar-refractivity contribution is -0.172. The molecule has 3 amide bonds. The summed E-state index contributed by atoms with van der Waals surface area (Å²) in [5.74, 6) is 1.08. The number of imide groups is 1. The first kappa shape index (κ1) is 48.2. The van der Waals surface area contributed by atoms with E-state index in [1.165, 1.54) is 7.11 Å². The number of benzene rings is 5. The van der Waals surface area contributed by atoms with E-state index in [2.05, 4.69) is 17.9 Å². The second-order valence-electron chi connectivity index (χ2n) is 18.9. The maximum Gasteiger partial charge on any atom is 0.421 e. The van der Waals surface area contributed by atoms with Gasteiger partial charge in [-0.15, -0.1) is 0 Å². The predicted molar refractivity (Wildman–Crippen MR) is 268 cm³/mol. The molecule has 1 unspecified atom stereocenters. The number of hydrogen-bond donors (Lipinski definition) is 1. The zero-order chi connectivity index (χ0) is 49.9. The summed E-state index contributed by atoms with van der Waals surface area (Å²) in [5.41, 5.74) is 4.02. The molecule has 0 aromatic heterocycles. The van der Waals surface area contributed by atoms with Gasteiger partial charge in [-0.05, 0) is 113 Å². The van der Waals surface area contributed by atoms with Crippen LogP contribution >= 0.6 is 0 Å². The van der Waals surface area contributed by atoms with Crippen LogP contribution in [0.25, 0.3) is 0 Å². The highest BCUT2D eigenvalue weighted by atomic mass is 16.6.